The summed E-state index contributed by atoms with van der Waals surface area (Å²) in [4.78, 5) is 12.2. The van der Waals surface area contributed by atoms with Crippen LogP contribution in [0.4, 0.5) is 0 Å². The zero-order chi connectivity index (χ0) is 14.5. The second-order valence-corrected chi connectivity index (χ2v) is 6.20. The van der Waals surface area contributed by atoms with Crippen molar-refractivity contribution in [3.63, 3.8) is 0 Å². The number of rotatable bonds is 5. The summed E-state index contributed by atoms with van der Waals surface area (Å²) < 4.78 is 6.43. The third-order valence-corrected chi connectivity index (χ3v) is 4.16. The van der Waals surface area contributed by atoms with Crippen molar-refractivity contribution < 1.29 is 9.53 Å². The second-order valence-electron chi connectivity index (χ2n) is 5.28. The van der Waals surface area contributed by atoms with Crippen LogP contribution in [0.1, 0.15) is 12.5 Å². The quantitative estimate of drug-likeness (QED) is 0.858. The van der Waals surface area contributed by atoms with E-state index >= 15 is 0 Å². The molecule has 1 aliphatic rings. The number of hydrogen-bond acceptors (Lipinski definition) is 3. The zero-order valence-electron chi connectivity index (χ0n) is 11.9. The minimum atomic E-state index is -0.0904. The van der Waals surface area contributed by atoms with Gasteiger partial charge in [0, 0.05) is 16.6 Å². The summed E-state index contributed by atoms with van der Waals surface area (Å²) in [5.74, 6) is -0.0150. The Kier molecular flexibility index (Phi) is 5.57. The van der Waals surface area contributed by atoms with Crippen molar-refractivity contribution in [3.05, 3.63) is 34.3 Å². The highest BCUT2D eigenvalue weighted by Crippen LogP contribution is 2.15. The maximum absolute atomic E-state index is 12.2. The summed E-state index contributed by atoms with van der Waals surface area (Å²) in [6, 6.07) is 8.41. The maximum Gasteiger partial charge on any atom is 0.227 e. The van der Waals surface area contributed by atoms with E-state index in [-0.39, 0.29) is 23.9 Å². The third-order valence-electron chi connectivity index (χ3n) is 3.63. The van der Waals surface area contributed by atoms with E-state index in [1.807, 2.05) is 26.1 Å². The molecule has 1 aromatic carbocycles. The first-order valence-electron chi connectivity index (χ1n) is 6.90. The first-order chi connectivity index (χ1) is 9.60. The summed E-state index contributed by atoms with van der Waals surface area (Å²) in [6.07, 6.45) is 0.830. The van der Waals surface area contributed by atoms with Crippen molar-refractivity contribution in [2.75, 3.05) is 20.3 Å². The lowest BCUT2D eigenvalue weighted by atomic mass is 10.0. The monoisotopic (exact) mass is 340 g/mol. The van der Waals surface area contributed by atoms with Crippen LogP contribution in [-0.4, -0.2) is 38.3 Å². The highest BCUT2D eigenvalue weighted by Gasteiger charge is 2.33. The molecule has 2 N–H and O–H groups in total. The number of carbonyl (C=O) groups excluding carboxylic acids is 1. The van der Waals surface area contributed by atoms with Gasteiger partial charge in [0.05, 0.1) is 19.1 Å². The van der Waals surface area contributed by atoms with E-state index in [2.05, 4.69) is 38.7 Å². The molecule has 1 fully saturated rings. The van der Waals surface area contributed by atoms with Gasteiger partial charge >= 0.3 is 0 Å². The van der Waals surface area contributed by atoms with Crippen molar-refractivity contribution in [2.45, 2.75) is 25.4 Å². The Morgan fingerprint density at radius 2 is 2.10 bits per heavy atom. The Balaban J connectivity index is 1.86. The normalized spacial score (nSPS) is 23.6. The van der Waals surface area contributed by atoms with E-state index in [0.29, 0.717) is 13.2 Å². The molecular weight excluding hydrogens is 320 g/mol. The van der Waals surface area contributed by atoms with Crippen molar-refractivity contribution >= 4 is 21.8 Å². The van der Waals surface area contributed by atoms with Crippen LogP contribution in [0.2, 0.25) is 0 Å². The topological polar surface area (TPSA) is 50.4 Å². The van der Waals surface area contributed by atoms with Gasteiger partial charge < -0.3 is 15.4 Å². The molecule has 0 aliphatic carbocycles. The Morgan fingerprint density at radius 3 is 2.75 bits per heavy atom. The van der Waals surface area contributed by atoms with E-state index in [1.165, 1.54) is 5.56 Å². The lowest BCUT2D eigenvalue weighted by Crippen LogP contribution is -2.45. The van der Waals surface area contributed by atoms with Crippen LogP contribution in [0.25, 0.3) is 0 Å². The van der Waals surface area contributed by atoms with Crippen molar-refractivity contribution in [1.82, 2.24) is 10.6 Å². The Hall–Kier alpha value is -0.910. The predicted molar refractivity (Wildman–Crippen MR) is 82.6 cm³/mol. The van der Waals surface area contributed by atoms with Gasteiger partial charge in [-0.15, -0.1) is 0 Å². The summed E-state index contributed by atoms with van der Waals surface area (Å²) in [7, 11) is 1.87. The minimum Gasteiger partial charge on any atom is -0.379 e. The molecule has 1 aliphatic heterocycles. The molecule has 110 valence electrons. The minimum absolute atomic E-state index is 0.0754. The van der Waals surface area contributed by atoms with E-state index in [4.69, 9.17) is 4.74 Å². The number of amides is 1. The van der Waals surface area contributed by atoms with Gasteiger partial charge in [0.2, 0.25) is 5.91 Å². The number of benzene rings is 1. The standard InChI is InChI=1S/C15H21BrN2O2/c1-10(7-11-3-5-12(16)6-4-11)18-15(19)13-8-20-9-14(13)17-2/h3-6,10,13-14,17H,7-9H2,1-2H3,(H,18,19). The van der Waals surface area contributed by atoms with E-state index < -0.39 is 0 Å². The van der Waals surface area contributed by atoms with Gasteiger partial charge in [0.25, 0.3) is 0 Å². The molecular formula is C15H21BrN2O2. The Bertz CT molecular complexity index is 450. The average molecular weight is 341 g/mol. The Morgan fingerprint density at radius 1 is 1.40 bits per heavy atom. The molecule has 5 heteroatoms. The van der Waals surface area contributed by atoms with Crippen LogP contribution in [-0.2, 0) is 16.0 Å². The van der Waals surface area contributed by atoms with E-state index in [0.717, 1.165) is 10.9 Å². The molecule has 1 aromatic rings. The largest absolute Gasteiger partial charge is 0.379 e. The molecule has 4 nitrogen and oxygen atoms in total. The average Bonchev–Trinajstić information content (AvgIpc) is 2.89. The van der Waals surface area contributed by atoms with Gasteiger partial charge in [-0.25, -0.2) is 0 Å². The Labute approximate surface area is 128 Å². The molecule has 3 atom stereocenters. The second kappa shape index (κ2) is 7.20. The highest BCUT2D eigenvalue weighted by molar-refractivity contribution is 9.10. The van der Waals surface area contributed by atoms with Crippen LogP contribution >= 0.6 is 15.9 Å². The molecule has 1 saturated heterocycles. The zero-order valence-corrected chi connectivity index (χ0v) is 13.4. The number of halogens is 1. The van der Waals surface area contributed by atoms with Crippen molar-refractivity contribution in [2.24, 2.45) is 5.92 Å². The SMILES string of the molecule is CNC1COCC1C(=O)NC(C)Cc1ccc(Br)cc1. The van der Waals surface area contributed by atoms with Crippen LogP contribution in [0.15, 0.2) is 28.7 Å². The van der Waals surface area contributed by atoms with Gasteiger partial charge in [-0.3, -0.25) is 4.79 Å². The first-order valence-corrected chi connectivity index (χ1v) is 7.69. The molecule has 1 heterocycles. The highest BCUT2D eigenvalue weighted by atomic mass is 79.9. The van der Waals surface area contributed by atoms with Crippen LogP contribution in [0, 0.1) is 5.92 Å². The van der Waals surface area contributed by atoms with Gasteiger partial charge in [-0.2, -0.15) is 0 Å². The third kappa shape index (κ3) is 4.04. The lowest BCUT2D eigenvalue weighted by molar-refractivity contribution is -0.126. The molecule has 2 rings (SSSR count). The number of nitrogens with one attached hydrogen (secondary N) is 2. The molecule has 0 saturated carbocycles. The lowest BCUT2D eigenvalue weighted by Gasteiger charge is -2.20. The summed E-state index contributed by atoms with van der Waals surface area (Å²) in [5.41, 5.74) is 1.22. The summed E-state index contributed by atoms with van der Waals surface area (Å²) in [5, 5.41) is 6.21. The molecule has 0 spiro atoms. The number of carbonyl (C=O) groups is 1. The molecule has 0 bridgehead atoms. The van der Waals surface area contributed by atoms with Crippen molar-refractivity contribution in [1.29, 1.82) is 0 Å². The fourth-order valence-electron chi connectivity index (χ4n) is 2.47. The molecule has 20 heavy (non-hydrogen) atoms. The number of ether oxygens (including phenoxy) is 1. The van der Waals surface area contributed by atoms with Crippen LogP contribution in [0.3, 0.4) is 0 Å². The van der Waals surface area contributed by atoms with E-state index in [9.17, 15) is 4.79 Å². The predicted octanol–water partition coefficient (Wildman–Crippen LogP) is 1.73. The first kappa shape index (κ1) is 15.5. The van der Waals surface area contributed by atoms with Crippen LogP contribution < -0.4 is 10.6 Å². The van der Waals surface area contributed by atoms with E-state index in [1.54, 1.807) is 0 Å². The number of hydrogen-bond donors (Lipinski definition) is 2. The van der Waals surface area contributed by atoms with Crippen LogP contribution in [0.5, 0.6) is 0 Å². The van der Waals surface area contributed by atoms with Gasteiger partial charge in [-0.1, -0.05) is 28.1 Å². The number of likely N-dealkylation sites (N-methyl/N-ethyl adjacent to an activating group) is 1. The smallest absolute Gasteiger partial charge is 0.227 e. The van der Waals surface area contributed by atoms with Gasteiger partial charge in [-0.05, 0) is 38.1 Å². The van der Waals surface area contributed by atoms with Crippen molar-refractivity contribution in [3.8, 4) is 0 Å². The molecule has 0 aromatic heterocycles. The fraction of sp³-hybridized carbons (Fsp3) is 0.533. The molecule has 0 radical (unpaired) electrons. The van der Waals surface area contributed by atoms with Gasteiger partial charge in [0.1, 0.15) is 0 Å². The fourth-order valence-corrected chi connectivity index (χ4v) is 2.74. The summed E-state index contributed by atoms with van der Waals surface area (Å²) in [6.45, 7) is 3.14. The summed E-state index contributed by atoms with van der Waals surface area (Å²) >= 11 is 3.42. The molecule has 3 unspecified atom stereocenters. The molecule has 1 amide bonds. The maximum atomic E-state index is 12.2. The van der Waals surface area contributed by atoms with Gasteiger partial charge in [0.15, 0.2) is 0 Å².